The fourth-order valence-electron chi connectivity index (χ4n) is 2.59. The summed E-state index contributed by atoms with van der Waals surface area (Å²) >= 11 is 0. The van der Waals surface area contributed by atoms with Crippen LogP contribution < -0.4 is 10.1 Å². The summed E-state index contributed by atoms with van der Waals surface area (Å²) in [5.74, 6) is 0.525. The van der Waals surface area contributed by atoms with Gasteiger partial charge in [0.15, 0.2) is 0 Å². The van der Waals surface area contributed by atoms with Gasteiger partial charge < -0.3 is 15.2 Å². The molecule has 0 fully saturated rings. The number of nitrogens with zero attached hydrogens (tertiary/aromatic N) is 2. The van der Waals surface area contributed by atoms with Gasteiger partial charge in [-0.05, 0) is 42.8 Å². The Morgan fingerprint density at radius 2 is 1.88 bits per heavy atom. The Kier molecular flexibility index (Phi) is 5.66. The molecular formula is C20H21N3O3. The zero-order valence-electron chi connectivity index (χ0n) is 14.6. The molecule has 0 spiro atoms. The average molecular weight is 351 g/mol. The van der Waals surface area contributed by atoms with E-state index in [0.717, 1.165) is 17.0 Å². The van der Waals surface area contributed by atoms with E-state index >= 15 is 0 Å². The number of ether oxygens (including phenoxy) is 1. The molecule has 6 nitrogen and oxygen atoms in total. The lowest BCUT2D eigenvalue weighted by Crippen LogP contribution is -2.25. The molecule has 1 heterocycles. The molecule has 0 saturated carbocycles. The normalized spacial score (nSPS) is 10.5. The first-order valence-corrected chi connectivity index (χ1v) is 8.41. The van der Waals surface area contributed by atoms with Gasteiger partial charge in [-0.3, -0.25) is 4.79 Å². The fraction of sp³-hybridized carbons (Fsp3) is 0.200. The number of aliphatic hydroxyl groups excluding tert-OH is 1. The van der Waals surface area contributed by atoms with Crippen LogP contribution in [0.4, 0.5) is 0 Å². The van der Waals surface area contributed by atoms with Gasteiger partial charge >= 0.3 is 0 Å². The van der Waals surface area contributed by atoms with Crippen LogP contribution in [0, 0.1) is 0 Å². The van der Waals surface area contributed by atoms with E-state index in [1.807, 2.05) is 54.6 Å². The molecule has 3 rings (SSSR count). The summed E-state index contributed by atoms with van der Waals surface area (Å²) < 4.78 is 6.89. The number of para-hydroxylation sites is 1. The lowest BCUT2D eigenvalue weighted by atomic mass is 10.1. The molecule has 2 aromatic carbocycles. The Morgan fingerprint density at radius 1 is 1.15 bits per heavy atom. The molecule has 134 valence electrons. The minimum atomic E-state index is -0.216. The van der Waals surface area contributed by atoms with Crippen LogP contribution in [0.15, 0.2) is 60.8 Å². The van der Waals surface area contributed by atoms with Gasteiger partial charge in [0.25, 0.3) is 5.91 Å². The van der Waals surface area contributed by atoms with Crippen molar-refractivity contribution in [2.24, 2.45) is 0 Å². The number of aliphatic hydroxyl groups is 1. The molecule has 3 aromatic rings. The summed E-state index contributed by atoms with van der Waals surface area (Å²) in [6, 6.07) is 17.1. The molecule has 26 heavy (non-hydrogen) atoms. The highest BCUT2D eigenvalue weighted by atomic mass is 16.5. The summed E-state index contributed by atoms with van der Waals surface area (Å²) in [5, 5.41) is 16.3. The van der Waals surface area contributed by atoms with Gasteiger partial charge in [-0.25, -0.2) is 4.68 Å². The maximum Gasteiger partial charge on any atom is 0.255 e. The molecular weight excluding hydrogens is 330 g/mol. The number of benzene rings is 2. The number of methoxy groups -OCH3 is 1. The molecule has 0 radical (unpaired) electrons. The van der Waals surface area contributed by atoms with E-state index in [4.69, 9.17) is 9.84 Å². The van der Waals surface area contributed by atoms with Crippen molar-refractivity contribution in [3.63, 3.8) is 0 Å². The van der Waals surface area contributed by atoms with Crippen LogP contribution in [0.1, 0.15) is 16.8 Å². The number of rotatable bonds is 7. The predicted molar refractivity (Wildman–Crippen MR) is 99.6 cm³/mol. The van der Waals surface area contributed by atoms with Crippen LogP contribution in [0.2, 0.25) is 0 Å². The molecule has 2 N–H and O–H groups in total. The van der Waals surface area contributed by atoms with Gasteiger partial charge in [-0.2, -0.15) is 5.10 Å². The number of aromatic nitrogens is 2. The number of carbonyl (C=O) groups is 1. The second kappa shape index (κ2) is 8.31. The maximum atomic E-state index is 12.6. The second-order valence-electron chi connectivity index (χ2n) is 5.73. The Morgan fingerprint density at radius 3 is 2.54 bits per heavy atom. The first kappa shape index (κ1) is 17.7. The number of amides is 1. The van der Waals surface area contributed by atoms with E-state index in [1.54, 1.807) is 18.0 Å². The van der Waals surface area contributed by atoms with Crippen LogP contribution >= 0.6 is 0 Å². The molecule has 0 aliphatic rings. The van der Waals surface area contributed by atoms with Gasteiger partial charge in [-0.15, -0.1) is 0 Å². The van der Waals surface area contributed by atoms with Gasteiger partial charge in [0.05, 0.1) is 18.4 Å². The first-order valence-electron chi connectivity index (χ1n) is 8.41. The van der Waals surface area contributed by atoms with E-state index in [0.29, 0.717) is 24.2 Å². The topological polar surface area (TPSA) is 76.4 Å². The summed E-state index contributed by atoms with van der Waals surface area (Å²) in [5.41, 5.74) is 2.78. The van der Waals surface area contributed by atoms with Crippen molar-refractivity contribution in [3.05, 3.63) is 66.4 Å². The molecule has 0 aliphatic heterocycles. The van der Waals surface area contributed by atoms with Crippen molar-refractivity contribution in [2.45, 2.75) is 6.42 Å². The molecule has 0 bridgehead atoms. The zero-order chi connectivity index (χ0) is 18.4. The lowest BCUT2D eigenvalue weighted by molar-refractivity contribution is 0.0952. The molecule has 0 atom stereocenters. The summed E-state index contributed by atoms with van der Waals surface area (Å²) in [4.78, 5) is 12.6. The fourth-order valence-corrected chi connectivity index (χ4v) is 2.59. The van der Waals surface area contributed by atoms with Crippen LogP contribution in [0.25, 0.3) is 16.9 Å². The van der Waals surface area contributed by atoms with Crippen molar-refractivity contribution in [2.75, 3.05) is 20.3 Å². The van der Waals surface area contributed by atoms with Crippen LogP contribution in [-0.2, 0) is 0 Å². The van der Waals surface area contributed by atoms with Crippen LogP contribution in [0.3, 0.4) is 0 Å². The lowest BCUT2D eigenvalue weighted by Gasteiger charge is -2.05. The minimum Gasteiger partial charge on any atom is -0.497 e. The monoisotopic (exact) mass is 351 g/mol. The number of hydrogen-bond donors (Lipinski definition) is 2. The Balaban J connectivity index is 1.99. The van der Waals surface area contributed by atoms with Crippen molar-refractivity contribution in [1.29, 1.82) is 0 Å². The number of nitrogens with one attached hydrogen (secondary N) is 1. The van der Waals surface area contributed by atoms with E-state index in [9.17, 15) is 4.79 Å². The predicted octanol–water partition coefficient (Wildman–Crippen LogP) is 2.66. The van der Waals surface area contributed by atoms with Gasteiger partial charge in [0.2, 0.25) is 0 Å². The third-order valence-electron chi connectivity index (χ3n) is 3.96. The number of carbonyl (C=O) groups excluding carboxylic acids is 1. The Hall–Kier alpha value is -3.12. The third kappa shape index (κ3) is 3.92. The van der Waals surface area contributed by atoms with E-state index < -0.39 is 0 Å². The molecule has 1 amide bonds. The van der Waals surface area contributed by atoms with E-state index in [2.05, 4.69) is 10.4 Å². The smallest absolute Gasteiger partial charge is 0.255 e. The SMILES string of the molecule is COc1ccc(-c2nn(-c3ccccc3)cc2C(=O)NCCCO)cc1. The summed E-state index contributed by atoms with van der Waals surface area (Å²) in [6.45, 7) is 0.447. The zero-order valence-corrected chi connectivity index (χ0v) is 14.6. The highest BCUT2D eigenvalue weighted by molar-refractivity contribution is 5.99. The van der Waals surface area contributed by atoms with E-state index in [-0.39, 0.29) is 12.5 Å². The molecule has 0 aliphatic carbocycles. The molecule has 0 saturated heterocycles. The Labute approximate surface area is 152 Å². The third-order valence-corrected chi connectivity index (χ3v) is 3.96. The molecule has 1 aromatic heterocycles. The van der Waals surface area contributed by atoms with E-state index in [1.165, 1.54) is 0 Å². The standard InChI is InChI=1S/C20H21N3O3/c1-26-17-10-8-15(9-11-17)19-18(20(25)21-12-5-13-24)14-23(22-19)16-6-3-2-4-7-16/h2-4,6-11,14,24H,5,12-13H2,1H3,(H,21,25). The molecule has 6 heteroatoms. The second-order valence-corrected chi connectivity index (χ2v) is 5.73. The van der Waals surface area contributed by atoms with Crippen molar-refractivity contribution in [1.82, 2.24) is 15.1 Å². The summed E-state index contributed by atoms with van der Waals surface area (Å²) in [6.07, 6.45) is 2.24. The van der Waals surface area contributed by atoms with Crippen molar-refractivity contribution < 1.29 is 14.6 Å². The Bertz CT molecular complexity index is 858. The first-order chi connectivity index (χ1) is 12.7. The minimum absolute atomic E-state index is 0.0366. The quantitative estimate of drug-likeness (QED) is 0.642. The highest BCUT2D eigenvalue weighted by Crippen LogP contribution is 2.25. The van der Waals surface area contributed by atoms with Crippen LogP contribution in [0.5, 0.6) is 5.75 Å². The number of hydrogen-bond acceptors (Lipinski definition) is 4. The largest absolute Gasteiger partial charge is 0.497 e. The van der Waals surface area contributed by atoms with Crippen LogP contribution in [-0.4, -0.2) is 41.1 Å². The summed E-state index contributed by atoms with van der Waals surface area (Å²) in [7, 11) is 1.61. The van der Waals surface area contributed by atoms with Gasteiger partial charge in [0.1, 0.15) is 11.4 Å². The highest BCUT2D eigenvalue weighted by Gasteiger charge is 2.18. The maximum absolute atomic E-state index is 12.6. The van der Waals surface area contributed by atoms with Crippen molar-refractivity contribution >= 4 is 5.91 Å². The average Bonchev–Trinajstić information content (AvgIpc) is 3.14. The van der Waals surface area contributed by atoms with Crippen molar-refractivity contribution in [3.8, 4) is 22.7 Å². The van der Waals surface area contributed by atoms with Gasteiger partial charge in [0, 0.05) is 24.9 Å². The van der Waals surface area contributed by atoms with Gasteiger partial charge in [-0.1, -0.05) is 18.2 Å². The molecule has 0 unspecified atom stereocenters.